The fourth-order valence-electron chi connectivity index (χ4n) is 4.46. The van der Waals surface area contributed by atoms with Crippen LogP contribution in [0, 0.1) is 25.7 Å². The van der Waals surface area contributed by atoms with E-state index in [-0.39, 0.29) is 16.7 Å². The molecule has 30 heavy (non-hydrogen) atoms. The predicted octanol–water partition coefficient (Wildman–Crippen LogP) is 3.45. The smallest absolute Gasteiger partial charge is 0.243 e. The van der Waals surface area contributed by atoms with Gasteiger partial charge in [0.15, 0.2) is 0 Å². The van der Waals surface area contributed by atoms with Gasteiger partial charge in [-0.05, 0) is 63.3 Å². The number of hydrogen-bond donors (Lipinski definition) is 1. The minimum atomic E-state index is -3.53. The van der Waals surface area contributed by atoms with Gasteiger partial charge in [-0.2, -0.15) is 9.40 Å². The first-order chi connectivity index (χ1) is 14.0. The molecule has 0 unspecified atom stereocenters. The summed E-state index contributed by atoms with van der Waals surface area (Å²) in [5, 5.41) is 7.27. The number of carbonyl (C=O) groups is 1. The van der Waals surface area contributed by atoms with E-state index < -0.39 is 10.0 Å². The minimum Gasteiger partial charge on any atom is -0.326 e. The fraction of sp³-hybridized carbons (Fsp3) is 0.545. The van der Waals surface area contributed by atoms with Crippen LogP contribution in [0.5, 0.6) is 0 Å². The van der Waals surface area contributed by atoms with Crippen molar-refractivity contribution in [1.29, 1.82) is 0 Å². The highest BCUT2D eigenvalue weighted by molar-refractivity contribution is 7.89. The number of benzene rings is 1. The van der Waals surface area contributed by atoms with Crippen LogP contribution in [-0.2, 0) is 21.9 Å². The van der Waals surface area contributed by atoms with E-state index in [9.17, 15) is 13.2 Å². The molecule has 3 rings (SSSR count). The molecule has 1 aliphatic rings. The molecule has 0 bridgehead atoms. The van der Waals surface area contributed by atoms with Crippen molar-refractivity contribution in [3.05, 3.63) is 41.2 Å². The Balaban J connectivity index is 1.73. The molecule has 0 saturated carbocycles. The number of hydrogen-bond acceptors (Lipinski definition) is 4. The lowest BCUT2D eigenvalue weighted by molar-refractivity contribution is -0.117. The van der Waals surface area contributed by atoms with Gasteiger partial charge in [-0.3, -0.25) is 9.48 Å². The van der Waals surface area contributed by atoms with Gasteiger partial charge < -0.3 is 5.32 Å². The van der Waals surface area contributed by atoms with E-state index in [1.54, 1.807) is 33.3 Å². The van der Waals surface area contributed by atoms with E-state index >= 15 is 0 Å². The second kappa shape index (κ2) is 8.51. The summed E-state index contributed by atoms with van der Waals surface area (Å²) in [6.45, 7) is 11.0. The van der Waals surface area contributed by atoms with Crippen molar-refractivity contribution in [2.24, 2.45) is 18.9 Å². The highest BCUT2D eigenvalue weighted by Gasteiger charge is 2.31. The summed E-state index contributed by atoms with van der Waals surface area (Å²) in [5.74, 6) is 0.188. The Bertz CT molecular complexity index is 1020. The molecule has 0 spiro atoms. The zero-order valence-electron chi connectivity index (χ0n) is 18.6. The van der Waals surface area contributed by atoms with Gasteiger partial charge >= 0.3 is 0 Å². The Morgan fingerprint density at radius 3 is 2.20 bits per heavy atom. The van der Waals surface area contributed by atoms with Crippen molar-refractivity contribution in [1.82, 2.24) is 14.1 Å². The van der Waals surface area contributed by atoms with Crippen molar-refractivity contribution < 1.29 is 13.2 Å². The molecule has 1 fully saturated rings. The van der Waals surface area contributed by atoms with Crippen molar-refractivity contribution in [2.45, 2.75) is 51.9 Å². The molecule has 0 aliphatic carbocycles. The highest BCUT2D eigenvalue weighted by atomic mass is 32.2. The molecule has 1 aliphatic heterocycles. The molecule has 7 nitrogen and oxygen atoms in total. The Morgan fingerprint density at radius 2 is 1.70 bits per heavy atom. The summed E-state index contributed by atoms with van der Waals surface area (Å²) in [7, 11) is -1.67. The van der Waals surface area contributed by atoms with Crippen LogP contribution in [0.4, 0.5) is 5.69 Å². The lowest BCUT2D eigenvalue weighted by atomic mass is 9.94. The molecule has 2 heterocycles. The van der Waals surface area contributed by atoms with Crippen LogP contribution in [0.2, 0.25) is 0 Å². The predicted molar refractivity (Wildman–Crippen MR) is 118 cm³/mol. The van der Waals surface area contributed by atoms with Gasteiger partial charge in [-0.1, -0.05) is 13.8 Å². The van der Waals surface area contributed by atoms with E-state index in [1.807, 2.05) is 27.8 Å². The van der Waals surface area contributed by atoms with Crippen LogP contribution in [0.1, 0.15) is 50.1 Å². The number of piperidine rings is 1. The average molecular weight is 433 g/mol. The lowest BCUT2D eigenvalue weighted by Crippen LogP contribution is -2.42. The average Bonchev–Trinajstić information content (AvgIpc) is 2.92. The number of rotatable bonds is 5. The number of aryl methyl sites for hydroxylation is 2. The zero-order valence-corrected chi connectivity index (χ0v) is 19.5. The van der Waals surface area contributed by atoms with Crippen molar-refractivity contribution in [3.8, 4) is 0 Å². The summed E-state index contributed by atoms with van der Waals surface area (Å²) >= 11 is 0. The number of sulfonamides is 1. The number of amides is 1. The Labute approximate surface area is 179 Å². The van der Waals surface area contributed by atoms with Crippen LogP contribution >= 0.6 is 0 Å². The SMILES string of the molecule is Cc1nn(C)c(C)c1[C@H](C)C(=O)Nc1ccc(S(=O)(=O)N2C[C@@H](C)C[C@H](C)C2)cc1. The number of carbonyl (C=O) groups excluding carboxylic acids is 1. The number of nitrogens with zero attached hydrogens (tertiary/aromatic N) is 3. The third-order valence-corrected chi connectivity index (χ3v) is 7.83. The first kappa shape index (κ1) is 22.5. The van der Waals surface area contributed by atoms with Gasteiger partial charge in [0.05, 0.1) is 16.5 Å². The van der Waals surface area contributed by atoms with Crippen molar-refractivity contribution in [2.75, 3.05) is 18.4 Å². The maximum atomic E-state index is 13.0. The van der Waals surface area contributed by atoms with Crippen LogP contribution in [0.15, 0.2) is 29.2 Å². The molecule has 1 N–H and O–H groups in total. The number of aromatic nitrogens is 2. The third-order valence-electron chi connectivity index (χ3n) is 5.99. The van der Waals surface area contributed by atoms with E-state index in [2.05, 4.69) is 24.3 Å². The third kappa shape index (κ3) is 4.44. The molecule has 1 amide bonds. The van der Waals surface area contributed by atoms with Gasteiger partial charge in [-0.25, -0.2) is 8.42 Å². The largest absolute Gasteiger partial charge is 0.326 e. The second-order valence-corrected chi connectivity index (χ2v) is 10.6. The summed E-state index contributed by atoms with van der Waals surface area (Å²) < 4.78 is 29.4. The highest BCUT2D eigenvalue weighted by Crippen LogP contribution is 2.28. The van der Waals surface area contributed by atoms with E-state index in [0.29, 0.717) is 30.6 Å². The van der Waals surface area contributed by atoms with Crippen molar-refractivity contribution in [3.63, 3.8) is 0 Å². The Kier molecular flexibility index (Phi) is 6.38. The molecular weight excluding hydrogens is 400 g/mol. The monoisotopic (exact) mass is 432 g/mol. The zero-order chi connectivity index (χ0) is 22.2. The quantitative estimate of drug-likeness (QED) is 0.784. The van der Waals surface area contributed by atoms with Crippen LogP contribution in [-0.4, -0.2) is 41.5 Å². The van der Waals surface area contributed by atoms with Crippen LogP contribution in [0.3, 0.4) is 0 Å². The second-order valence-electron chi connectivity index (χ2n) is 8.71. The summed E-state index contributed by atoms with van der Waals surface area (Å²) in [6.07, 6.45) is 1.05. The molecule has 1 aromatic heterocycles. The Morgan fingerprint density at radius 1 is 1.13 bits per heavy atom. The molecule has 1 aromatic carbocycles. The number of nitrogens with one attached hydrogen (secondary N) is 1. The molecule has 3 atom stereocenters. The molecular formula is C22H32N4O3S. The van der Waals surface area contributed by atoms with E-state index in [1.165, 1.54) is 0 Å². The molecule has 164 valence electrons. The summed E-state index contributed by atoms with van der Waals surface area (Å²) in [6, 6.07) is 6.44. The van der Waals surface area contributed by atoms with Gasteiger partial charge in [0.2, 0.25) is 15.9 Å². The topological polar surface area (TPSA) is 84.3 Å². The minimum absolute atomic E-state index is 0.150. The maximum absolute atomic E-state index is 13.0. The first-order valence-electron chi connectivity index (χ1n) is 10.4. The van der Waals surface area contributed by atoms with E-state index in [0.717, 1.165) is 23.4 Å². The van der Waals surface area contributed by atoms with Crippen LogP contribution < -0.4 is 5.32 Å². The Hall–Kier alpha value is -2.19. The molecule has 2 aromatic rings. The first-order valence-corrected chi connectivity index (χ1v) is 11.9. The number of anilines is 1. The van der Waals surface area contributed by atoms with Gasteiger partial charge in [0.25, 0.3) is 0 Å². The van der Waals surface area contributed by atoms with Crippen molar-refractivity contribution >= 4 is 21.6 Å². The summed E-state index contributed by atoms with van der Waals surface area (Å²) in [4.78, 5) is 13.0. The van der Waals surface area contributed by atoms with E-state index in [4.69, 9.17) is 0 Å². The fourth-order valence-corrected chi connectivity index (χ4v) is 6.14. The van der Waals surface area contributed by atoms with Gasteiger partial charge in [0.1, 0.15) is 0 Å². The molecule has 1 saturated heterocycles. The summed E-state index contributed by atoms with van der Waals surface area (Å²) in [5.41, 5.74) is 3.29. The van der Waals surface area contributed by atoms with Crippen LogP contribution in [0.25, 0.3) is 0 Å². The molecule has 8 heteroatoms. The standard InChI is InChI=1S/C22H32N4O3S/c1-14-11-15(2)13-26(12-14)30(28,29)20-9-7-19(8-10-20)23-22(27)16(3)21-17(4)24-25(6)18(21)5/h7-10,14-16H,11-13H2,1-6H3,(H,23,27)/t14-,15-,16-/m0/s1. The normalized spacial score (nSPS) is 21.4. The maximum Gasteiger partial charge on any atom is 0.243 e. The lowest BCUT2D eigenvalue weighted by Gasteiger charge is -2.34. The molecule has 0 radical (unpaired) electrons. The van der Waals surface area contributed by atoms with Gasteiger partial charge in [-0.15, -0.1) is 0 Å². The van der Waals surface area contributed by atoms with Gasteiger partial charge in [0, 0.05) is 37.1 Å².